The minimum atomic E-state index is -0.118. The topological polar surface area (TPSA) is 67.9 Å². The predicted molar refractivity (Wildman–Crippen MR) is 110 cm³/mol. The molecule has 28 heavy (non-hydrogen) atoms. The van der Waals surface area contributed by atoms with E-state index >= 15 is 0 Å². The summed E-state index contributed by atoms with van der Waals surface area (Å²) in [6.07, 6.45) is 3.31. The van der Waals surface area contributed by atoms with Crippen LogP contribution in [0, 0.1) is 0 Å². The molecule has 0 aliphatic rings. The zero-order valence-electron chi connectivity index (χ0n) is 16.7. The highest BCUT2D eigenvalue weighted by molar-refractivity contribution is 5.92. The molecule has 1 N–H and O–H groups in total. The molecule has 2 amide bonds. The molecule has 0 heterocycles. The lowest BCUT2D eigenvalue weighted by atomic mass is 10.1. The van der Waals surface area contributed by atoms with Gasteiger partial charge in [-0.25, -0.2) is 0 Å². The molecule has 0 spiro atoms. The van der Waals surface area contributed by atoms with E-state index in [4.69, 9.17) is 9.47 Å². The van der Waals surface area contributed by atoms with Gasteiger partial charge in [0.2, 0.25) is 11.8 Å². The van der Waals surface area contributed by atoms with Crippen molar-refractivity contribution in [2.75, 3.05) is 26.1 Å². The van der Waals surface area contributed by atoms with E-state index < -0.39 is 0 Å². The number of hydrogen-bond acceptors (Lipinski definition) is 4. The first kappa shape index (κ1) is 21.0. The Morgan fingerprint density at radius 3 is 2.29 bits per heavy atom. The normalized spacial score (nSPS) is 10.6. The SMILES string of the molecule is CCN(Cc1ccc(OC)c(OC)c1)C(=O)/C=C/c1ccc(NC(C)=O)cc1. The third-order valence-corrected chi connectivity index (χ3v) is 4.16. The molecule has 2 aromatic carbocycles. The fourth-order valence-electron chi connectivity index (χ4n) is 2.70. The van der Waals surface area contributed by atoms with Crippen molar-refractivity contribution in [3.8, 4) is 11.5 Å². The van der Waals surface area contributed by atoms with Crippen molar-refractivity contribution >= 4 is 23.6 Å². The standard InChI is InChI=1S/C22H26N2O4/c1-5-24(15-18-8-12-20(27-3)21(14-18)28-4)22(26)13-9-17-6-10-19(11-7-17)23-16(2)25/h6-14H,5,15H2,1-4H3,(H,23,25)/b13-9+. The van der Waals surface area contributed by atoms with Gasteiger partial charge in [0.15, 0.2) is 11.5 Å². The Labute approximate surface area is 165 Å². The Bertz CT molecular complexity index is 844. The first-order valence-electron chi connectivity index (χ1n) is 9.02. The Morgan fingerprint density at radius 2 is 1.71 bits per heavy atom. The van der Waals surface area contributed by atoms with Gasteiger partial charge in [0, 0.05) is 31.8 Å². The Kier molecular flexibility index (Phi) is 7.63. The van der Waals surface area contributed by atoms with Crippen molar-refractivity contribution in [1.29, 1.82) is 0 Å². The number of carbonyl (C=O) groups is 2. The molecule has 2 rings (SSSR count). The zero-order valence-corrected chi connectivity index (χ0v) is 16.7. The number of nitrogens with zero attached hydrogens (tertiary/aromatic N) is 1. The summed E-state index contributed by atoms with van der Waals surface area (Å²) in [5.74, 6) is 1.09. The van der Waals surface area contributed by atoms with Crippen LogP contribution in [0.3, 0.4) is 0 Å². The van der Waals surface area contributed by atoms with Crippen LogP contribution in [0.5, 0.6) is 11.5 Å². The van der Waals surface area contributed by atoms with E-state index in [1.165, 1.54) is 6.92 Å². The predicted octanol–water partition coefficient (Wildman–Crippen LogP) is 3.72. The van der Waals surface area contributed by atoms with Crippen LogP contribution in [0.4, 0.5) is 5.69 Å². The smallest absolute Gasteiger partial charge is 0.246 e. The Hall–Kier alpha value is -3.28. The number of likely N-dealkylation sites (N-methyl/N-ethyl adjacent to an activating group) is 1. The molecule has 0 radical (unpaired) electrons. The lowest BCUT2D eigenvalue weighted by Gasteiger charge is -2.20. The van der Waals surface area contributed by atoms with Gasteiger partial charge in [-0.2, -0.15) is 0 Å². The molecule has 0 aliphatic heterocycles. The molecule has 2 aromatic rings. The monoisotopic (exact) mass is 382 g/mol. The number of benzene rings is 2. The van der Waals surface area contributed by atoms with E-state index in [2.05, 4.69) is 5.32 Å². The third-order valence-electron chi connectivity index (χ3n) is 4.16. The van der Waals surface area contributed by atoms with E-state index in [0.717, 1.165) is 16.8 Å². The van der Waals surface area contributed by atoms with Gasteiger partial charge in [0.05, 0.1) is 14.2 Å². The number of methoxy groups -OCH3 is 2. The van der Waals surface area contributed by atoms with Crippen LogP contribution in [-0.2, 0) is 16.1 Å². The van der Waals surface area contributed by atoms with Crippen LogP contribution in [0.25, 0.3) is 6.08 Å². The number of nitrogens with one attached hydrogen (secondary N) is 1. The molecule has 0 bridgehead atoms. The Morgan fingerprint density at radius 1 is 1.04 bits per heavy atom. The van der Waals surface area contributed by atoms with E-state index in [0.29, 0.717) is 24.6 Å². The molecular weight excluding hydrogens is 356 g/mol. The average Bonchev–Trinajstić information content (AvgIpc) is 2.70. The van der Waals surface area contributed by atoms with Gasteiger partial charge in [-0.05, 0) is 48.4 Å². The maximum Gasteiger partial charge on any atom is 0.246 e. The second kappa shape index (κ2) is 10.2. The summed E-state index contributed by atoms with van der Waals surface area (Å²) in [7, 11) is 3.18. The van der Waals surface area contributed by atoms with E-state index in [1.807, 2.05) is 37.3 Å². The quantitative estimate of drug-likeness (QED) is 0.707. The molecular formula is C22H26N2O4. The summed E-state index contributed by atoms with van der Waals surface area (Å²) in [4.78, 5) is 25.4. The van der Waals surface area contributed by atoms with Crippen molar-refractivity contribution in [3.63, 3.8) is 0 Å². The first-order chi connectivity index (χ1) is 13.5. The molecule has 0 aromatic heterocycles. The molecule has 0 aliphatic carbocycles. The van der Waals surface area contributed by atoms with Gasteiger partial charge in [0.25, 0.3) is 0 Å². The molecule has 0 fully saturated rings. The summed E-state index contributed by atoms with van der Waals surface area (Å²) >= 11 is 0. The molecule has 0 unspecified atom stereocenters. The van der Waals surface area contributed by atoms with Crippen LogP contribution in [0.15, 0.2) is 48.5 Å². The fraction of sp³-hybridized carbons (Fsp3) is 0.273. The molecule has 6 nitrogen and oxygen atoms in total. The van der Waals surface area contributed by atoms with Crippen LogP contribution < -0.4 is 14.8 Å². The van der Waals surface area contributed by atoms with Crippen molar-refractivity contribution < 1.29 is 19.1 Å². The Balaban J connectivity index is 2.04. The van der Waals surface area contributed by atoms with Gasteiger partial charge in [-0.15, -0.1) is 0 Å². The summed E-state index contributed by atoms with van der Waals surface area (Å²) in [5.41, 5.74) is 2.56. The summed E-state index contributed by atoms with van der Waals surface area (Å²) in [5, 5.41) is 2.71. The lowest BCUT2D eigenvalue weighted by molar-refractivity contribution is -0.126. The van der Waals surface area contributed by atoms with Gasteiger partial charge in [0.1, 0.15) is 0 Å². The second-order valence-electron chi connectivity index (χ2n) is 6.18. The number of rotatable bonds is 8. The van der Waals surface area contributed by atoms with Crippen molar-refractivity contribution in [1.82, 2.24) is 4.90 Å². The van der Waals surface area contributed by atoms with Crippen molar-refractivity contribution in [3.05, 3.63) is 59.7 Å². The van der Waals surface area contributed by atoms with E-state index in [1.54, 1.807) is 43.4 Å². The number of anilines is 1. The minimum Gasteiger partial charge on any atom is -0.493 e. The van der Waals surface area contributed by atoms with Crippen LogP contribution >= 0.6 is 0 Å². The van der Waals surface area contributed by atoms with E-state index in [-0.39, 0.29) is 11.8 Å². The van der Waals surface area contributed by atoms with Crippen molar-refractivity contribution in [2.24, 2.45) is 0 Å². The maximum atomic E-state index is 12.6. The van der Waals surface area contributed by atoms with Gasteiger partial charge < -0.3 is 19.7 Å². The fourth-order valence-corrected chi connectivity index (χ4v) is 2.70. The molecule has 0 atom stereocenters. The molecule has 0 saturated heterocycles. The number of amides is 2. The van der Waals surface area contributed by atoms with Gasteiger partial charge in [-0.1, -0.05) is 18.2 Å². The summed E-state index contributed by atoms with van der Waals surface area (Å²) < 4.78 is 10.6. The van der Waals surface area contributed by atoms with Crippen LogP contribution in [0.2, 0.25) is 0 Å². The largest absolute Gasteiger partial charge is 0.493 e. The van der Waals surface area contributed by atoms with Crippen LogP contribution in [-0.4, -0.2) is 37.5 Å². The molecule has 148 valence electrons. The highest BCUT2D eigenvalue weighted by atomic mass is 16.5. The van der Waals surface area contributed by atoms with Crippen molar-refractivity contribution in [2.45, 2.75) is 20.4 Å². The highest BCUT2D eigenvalue weighted by Crippen LogP contribution is 2.28. The highest BCUT2D eigenvalue weighted by Gasteiger charge is 2.11. The summed E-state index contributed by atoms with van der Waals surface area (Å²) in [6, 6.07) is 12.9. The molecule has 6 heteroatoms. The van der Waals surface area contributed by atoms with Gasteiger partial charge >= 0.3 is 0 Å². The number of carbonyl (C=O) groups excluding carboxylic acids is 2. The second-order valence-corrected chi connectivity index (χ2v) is 6.18. The van der Waals surface area contributed by atoms with Gasteiger partial charge in [-0.3, -0.25) is 9.59 Å². The van der Waals surface area contributed by atoms with Crippen LogP contribution in [0.1, 0.15) is 25.0 Å². The number of ether oxygens (including phenoxy) is 2. The zero-order chi connectivity index (χ0) is 20.5. The minimum absolute atomic E-state index is 0.0803. The first-order valence-corrected chi connectivity index (χ1v) is 9.02. The summed E-state index contributed by atoms with van der Waals surface area (Å²) in [6.45, 7) is 4.46. The molecule has 0 saturated carbocycles. The average molecular weight is 382 g/mol. The third kappa shape index (κ3) is 5.87. The number of hydrogen-bond donors (Lipinski definition) is 1. The van der Waals surface area contributed by atoms with E-state index in [9.17, 15) is 9.59 Å². The lowest BCUT2D eigenvalue weighted by Crippen LogP contribution is -2.28. The maximum absolute atomic E-state index is 12.6.